The molecule has 3 nitrogen and oxygen atoms in total. The number of nitrogens with one attached hydrogen (secondary N) is 2. The highest BCUT2D eigenvalue weighted by Gasteiger charge is 2.25. The van der Waals surface area contributed by atoms with Crippen molar-refractivity contribution in [3.63, 3.8) is 0 Å². The zero-order valence-corrected chi connectivity index (χ0v) is 14.9. The van der Waals surface area contributed by atoms with E-state index in [4.69, 9.17) is 0 Å². The van der Waals surface area contributed by atoms with Crippen LogP contribution in [0.15, 0.2) is 36.4 Å². The Morgan fingerprint density at radius 1 is 1.04 bits per heavy atom. The smallest absolute Gasteiger partial charge is 0.0732 e. The van der Waals surface area contributed by atoms with Crippen LogP contribution in [0.4, 0.5) is 5.69 Å². The summed E-state index contributed by atoms with van der Waals surface area (Å²) < 4.78 is 0. The number of aromatic amines is 1. The summed E-state index contributed by atoms with van der Waals surface area (Å²) in [6, 6.07) is 13.7. The maximum atomic E-state index is 3.72. The lowest BCUT2D eigenvalue weighted by Gasteiger charge is -2.25. The fraction of sp³-hybridized carbons (Fsp3) is 0.333. The van der Waals surface area contributed by atoms with E-state index in [1.807, 2.05) is 0 Å². The third-order valence-corrected chi connectivity index (χ3v) is 5.14. The molecule has 1 unspecified atom stereocenters. The van der Waals surface area contributed by atoms with Crippen LogP contribution in [0.25, 0.3) is 10.9 Å². The van der Waals surface area contributed by atoms with E-state index in [0.29, 0.717) is 0 Å². The lowest BCUT2D eigenvalue weighted by atomic mass is 9.93. The Morgan fingerprint density at radius 3 is 2.50 bits per heavy atom. The number of nitrogens with zero attached hydrogens (tertiary/aromatic N) is 1. The highest BCUT2D eigenvalue weighted by Crippen LogP contribution is 2.35. The number of H-pyrrole nitrogens is 1. The van der Waals surface area contributed by atoms with E-state index < -0.39 is 0 Å². The van der Waals surface area contributed by atoms with Gasteiger partial charge in [-0.1, -0.05) is 23.8 Å². The van der Waals surface area contributed by atoms with E-state index in [1.54, 1.807) is 0 Å². The van der Waals surface area contributed by atoms with Crippen molar-refractivity contribution >= 4 is 16.6 Å². The summed E-state index contributed by atoms with van der Waals surface area (Å²) in [5.74, 6) is 0. The van der Waals surface area contributed by atoms with E-state index in [0.717, 1.165) is 13.0 Å². The van der Waals surface area contributed by atoms with Gasteiger partial charge in [-0.25, -0.2) is 0 Å². The van der Waals surface area contributed by atoms with Gasteiger partial charge < -0.3 is 15.2 Å². The summed E-state index contributed by atoms with van der Waals surface area (Å²) >= 11 is 0. The molecule has 2 N–H and O–H groups in total. The van der Waals surface area contributed by atoms with E-state index in [1.165, 1.54) is 44.5 Å². The molecule has 2 heterocycles. The summed E-state index contributed by atoms with van der Waals surface area (Å²) in [6.07, 6.45) is 1.09. The predicted molar refractivity (Wildman–Crippen MR) is 102 cm³/mol. The van der Waals surface area contributed by atoms with Gasteiger partial charge in [-0.15, -0.1) is 0 Å². The number of fused-ring (bicyclic) bond motifs is 3. The Labute approximate surface area is 143 Å². The van der Waals surface area contributed by atoms with E-state index >= 15 is 0 Å². The summed E-state index contributed by atoms with van der Waals surface area (Å²) in [4.78, 5) is 5.86. The van der Waals surface area contributed by atoms with E-state index in [-0.39, 0.29) is 6.04 Å². The van der Waals surface area contributed by atoms with Crippen LogP contribution in [-0.2, 0) is 6.42 Å². The third-order valence-electron chi connectivity index (χ3n) is 5.14. The van der Waals surface area contributed by atoms with Gasteiger partial charge in [0.2, 0.25) is 0 Å². The fourth-order valence-corrected chi connectivity index (χ4v) is 3.94. The summed E-state index contributed by atoms with van der Waals surface area (Å²) in [7, 11) is 4.16. The highest BCUT2D eigenvalue weighted by atomic mass is 15.1. The molecule has 3 heteroatoms. The minimum Gasteiger partial charge on any atom is -0.378 e. The molecule has 0 amide bonds. The standard InChI is InChI=1S/C21H25N3/c1-13-11-14(2)19-18(12-13)17-9-10-22-20(21(17)23-19)15-5-7-16(8-6-15)24(3)4/h5-8,11-12,20,22-23H,9-10H2,1-4H3. The molecule has 4 rings (SSSR count). The number of rotatable bonds is 2. The second kappa shape index (κ2) is 5.67. The molecule has 124 valence electrons. The SMILES string of the molecule is Cc1cc(C)c2[nH]c3c(c2c1)CCNC3c1ccc(N(C)C)cc1. The van der Waals surface area contributed by atoms with Gasteiger partial charge in [0, 0.05) is 42.9 Å². The lowest BCUT2D eigenvalue weighted by Crippen LogP contribution is -2.30. The van der Waals surface area contributed by atoms with Gasteiger partial charge >= 0.3 is 0 Å². The van der Waals surface area contributed by atoms with Crippen LogP contribution in [0, 0.1) is 13.8 Å². The van der Waals surface area contributed by atoms with Crippen molar-refractivity contribution in [3.05, 3.63) is 64.3 Å². The third kappa shape index (κ3) is 2.40. The van der Waals surface area contributed by atoms with Gasteiger partial charge in [0.1, 0.15) is 0 Å². The molecule has 0 spiro atoms. The molecule has 3 aromatic rings. The van der Waals surface area contributed by atoms with Crippen molar-refractivity contribution in [2.24, 2.45) is 0 Å². The summed E-state index contributed by atoms with van der Waals surface area (Å²) in [6.45, 7) is 5.41. The minimum atomic E-state index is 0.247. The van der Waals surface area contributed by atoms with Crippen molar-refractivity contribution in [2.45, 2.75) is 26.3 Å². The number of aromatic nitrogens is 1. The van der Waals surface area contributed by atoms with E-state index in [2.05, 4.69) is 79.5 Å². The first-order chi connectivity index (χ1) is 11.5. The largest absolute Gasteiger partial charge is 0.378 e. The maximum absolute atomic E-state index is 3.72. The van der Waals surface area contributed by atoms with Gasteiger partial charge in [-0.05, 0) is 55.2 Å². The molecule has 0 aliphatic carbocycles. The van der Waals surface area contributed by atoms with Crippen LogP contribution in [-0.4, -0.2) is 25.6 Å². The number of hydrogen-bond donors (Lipinski definition) is 2. The second-order valence-electron chi connectivity index (χ2n) is 7.14. The fourth-order valence-electron chi connectivity index (χ4n) is 3.94. The van der Waals surface area contributed by atoms with Crippen molar-refractivity contribution in [2.75, 3.05) is 25.5 Å². The quantitative estimate of drug-likeness (QED) is 0.745. The molecule has 24 heavy (non-hydrogen) atoms. The molecule has 2 aromatic carbocycles. The van der Waals surface area contributed by atoms with Crippen LogP contribution in [0.3, 0.4) is 0 Å². The minimum absolute atomic E-state index is 0.247. The van der Waals surface area contributed by atoms with E-state index in [9.17, 15) is 0 Å². The normalized spacial score (nSPS) is 17.1. The highest BCUT2D eigenvalue weighted by molar-refractivity contribution is 5.88. The Kier molecular flexibility index (Phi) is 3.61. The van der Waals surface area contributed by atoms with Crippen molar-refractivity contribution in [1.29, 1.82) is 0 Å². The average molecular weight is 319 g/mol. The van der Waals surface area contributed by atoms with Gasteiger partial charge in [0.15, 0.2) is 0 Å². The van der Waals surface area contributed by atoms with Crippen molar-refractivity contribution in [1.82, 2.24) is 10.3 Å². The van der Waals surface area contributed by atoms with Crippen molar-refractivity contribution in [3.8, 4) is 0 Å². The Morgan fingerprint density at radius 2 is 1.79 bits per heavy atom. The number of anilines is 1. The molecule has 1 aliphatic rings. The first-order valence-corrected chi connectivity index (χ1v) is 8.67. The molecule has 0 saturated carbocycles. The van der Waals surface area contributed by atoms with Gasteiger partial charge in [-0.2, -0.15) is 0 Å². The monoisotopic (exact) mass is 319 g/mol. The van der Waals surface area contributed by atoms with Crippen LogP contribution >= 0.6 is 0 Å². The second-order valence-corrected chi connectivity index (χ2v) is 7.14. The molecule has 1 aromatic heterocycles. The zero-order chi connectivity index (χ0) is 16.8. The molecular weight excluding hydrogens is 294 g/mol. The topological polar surface area (TPSA) is 31.1 Å². The summed E-state index contributed by atoms with van der Waals surface area (Å²) in [5, 5.41) is 5.09. The van der Waals surface area contributed by atoms with Crippen LogP contribution in [0.2, 0.25) is 0 Å². The molecule has 0 radical (unpaired) electrons. The first kappa shape index (κ1) is 15.3. The van der Waals surface area contributed by atoms with Gasteiger partial charge in [0.05, 0.1) is 6.04 Å². The molecule has 0 fully saturated rings. The van der Waals surface area contributed by atoms with Crippen molar-refractivity contribution < 1.29 is 0 Å². The van der Waals surface area contributed by atoms with Crippen LogP contribution in [0.5, 0.6) is 0 Å². The lowest BCUT2D eigenvalue weighted by molar-refractivity contribution is 0.560. The number of aryl methyl sites for hydroxylation is 2. The van der Waals surface area contributed by atoms with Crippen LogP contribution in [0.1, 0.15) is 34.0 Å². The first-order valence-electron chi connectivity index (χ1n) is 8.67. The Bertz CT molecular complexity index is 888. The zero-order valence-electron chi connectivity index (χ0n) is 14.9. The maximum Gasteiger partial charge on any atom is 0.0732 e. The molecule has 0 saturated heterocycles. The predicted octanol–water partition coefficient (Wildman–Crippen LogP) is 4.09. The molecule has 1 aliphatic heterocycles. The van der Waals surface area contributed by atoms with Crippen LogP contribution < -0.4 is 10.2 Å². The Balaban J connectivity index is 1.82. The molecule has 1 atom stereocenters. The molecule has 0 bridgehead atoms. The number of benzene rings is 2. The molecular formula is C21H25N3. The van der Waals surface area contributed by atoms with Gasteiger partial charge in [-0.3, -0.25) is 0 Å². The van der Waals surface area contributed by atoms with Gasteiger partial charge in [0.25, 0.3) is 0 Å². The Hall–Kier alpha value is -2.26. The number of hydrogen-bond acceptors (Lipinski definition) is 2. The average Bonchev–Trinajstić information content (AvgIpc) is 2.94. The summed E-state index contributed by atoms with van der Waals surface area (Å²) in [5.41, 5.74) is 9.35.